The highest BCUT2D eigenvalue weighted by Gasteiger charge is 2.45. The van der Waals surface area contributed by atoms with Crippen molar-refractivity contribution in [2.45, 2.75) is 62.9 Å². The molecule has 1 aliphatic heterocycles. The van der Waals surface area contributed by atoms with E-state index in [1.165, 1.54) is 12.0 Å². The lowest BCUT2D eigenvalue weighted by atomic mass is 9.69. The number of hydrogen-bond donors (Lipinski definition) is 1. The van der Waals surface area contributed by atoms with Gasteiger partial charge in [0.1, 0.15) is 12.0 Å². The molecule has 1 fully saturated rings. The molecule has 1 saturated carbocycles. The van der Waals surface area contributed by atoms with Crippen molar-refractivity contribution >= 4 is 11.8 Å². The van der Waals surface area contributed by atoms with Gasteiger partial charge in [-0.25, -0.2) is 0 Å². The molecule has 0 spiro atoms. The van der Waals surface area contributed by atoms with Crippen LogP contribution in [0.4, 0.5) is 0 Å². The highest BCUT2D eigenvalue weighted by Crippen LogP contribution is 2.47. The van der Waals surface area contributed by atoms with Gasteiger partial charge >= 0.3 is 5.97 Å². The fraction of sp³-hybridized carbons (Fsp3) is 0.379. The van der Waals surface area contributed by atoms with Crippen LogP contribution >= 0.6 is 0 Å². The number of carbonyl (C=O) groups is 2. The van der Waals surface area contributed by atoms with E-state index >= 15 is 0 Å². The van der Waals surface area contributed by atoms with Crippen LogP contribution in [0.1, 0.15) is 67.9 Å². The minimum Gasteiger partial charge on any atom is -0.462 e. The Morgan fingerprint density at radius 2 is 1.52 bits per heavy atom. The molecule has 1 N–H and O–H groups in total. The highest BCUT2D eigenvalue weighted by molar-refractivity contribution is 6.01. The predicted molar refractivity (Wildman–Crippen MR) is 128 cm³/mol. The van der Waals surface area contributed by atoms with Gasteiger partial charge in [0.2, 0.25) is 0 Å². The molecule has 3 atom stereocenters. The van der Waals surface area contributed by atoms with E-state index in [-0.39, 0.29) is 29.7 Å². The summed E-state index contributed by atoms with van der Waals surface area (Å²) in [7, 11) is 0. The van der Waals surface area contributed by atoms with Crippen LogP contribution in [0.3, 0.4) is 0 Å². The summed E-state index contributed by atoms with van der Waals surface area (Å²) >= 11 is 0. The van der Waals surface area contributed by atoms with E-state index in [9.17, 15) is 9.59 Å². The van der Waals surface area contributed by atoms with E-state index in [4.69, 9.17) is 4.74 Å². The zero-order valence-electron chi connectivity index (χ0n) is 19.0. The molecule has 2 aromatic carbocycles. The number of hydrogen-bond acceptors (Lipinski definition) is 4. The van der Waals surface area contributed by atoms with Crippen molar-refractivity contribution in [3.05, 3.63) is 95.3 Å². The number of ether oxygens (including phenoxy) is 1. The molecule has 33 heavy (non-hydrogen) atoms. The Morgan fingerprint density at radius 1 is 0.879 bits per heavy atom. The van der Waals surface area contributed by atoms with Gasteiger partial charge in [0.15, 0.2) is 5.78 Å². The number of carbonyl (C=O) groups excluding carboxylic acids is 2. The first kappa shape index (κ1) is 21.7. The topological polar surface area (TPSA) is 55.4 Å². The summed E-state index contributed by atoms with van der Waals surface area (Å²) < 4.78 is 5.98. The highest BCUT2D eigenvalue weighted by atomic mass is 16.5. The van der Waals surface area contributed by atoms with Crippen molar-refractivity contribution in [3.63, 3.8) is 0 Å². The Morgan fingerprint density at radius 3 is 2.18 bits per heavy atom. The van der Waals surface area contributed by atoms with Gasteiger partial charge in [-0.15, -0.1) is 0 Å². The molecule has 0 amide bonds. The first-order valence-electron chi connectivity index (χ1n) is 12.1. The SMILES string of the molecule is C=C1NC2=C(C(=O)CC(c3ccccc3)C2)C(c2ccccc2)C1C(=O)OC1CCCCC1. The molecule has 170 valence electrons. The lowest BCUT2D eigenvalue weighted by Crippen LogP contribution is -2.43. The number of Topliss-reactive ketones (excluding diaryl/α,β-unsaturated/α-hetero) is 1. The monoisotopic (exact) mass is 441 g/mol. The summed E-state index contributed by atoms with van der Waals surface area (Å²) in [5.74, 6) is -1.01. The van der Waals surface area contributed by atoms with Crippen molar-refractivity contribution in [2.24, 2.45) is 5.92 Å². The molecule has 2 aliphatic carbocycles. The van der Waals surface area contributed by atoms with E-state index in [1.807, 2.05) is 48.5 Å². The second-order valence-corrected chi connectivity index (χ2v) is 9.54. The van der Waals surface area contributed by atoms with Crippen LogP contribution in [-0.2, 0) is 14.3 Å². The number of esters is 1. The fourth-order valence-electron chi connectivity index (χ4n) is 5.73. The van der Waals surface area contributed by atoms with Crippen LogP contribution in [0.15, 0.2) is 84.2 Å². The molecular formula is C29H31NO3. The normalized spacial score (nSPS) is 25.9. The van der Waals surface area contributed by atoms with Crippen LogP contribution in [0.5, 0.6) is 0 Å². The third-order valence-corrected chi connectivity index (χ3v) is 7.36. The first-order valence-corrected chi connectivity index (χ1v) is 12.1. The Kier molecular flexibility index (Phi) is 6.17. The predicted octanol–water partition coefficient (Wildman–Crippen LogP) is 5.78. The summed E-state index contributed by atoms with van der Waals surface area (Å²) in [4.78, 5) is 27.1. The van der Waals surface area contributed by atoms with Crippen molar-refractivity contribution in [3.8, 4) is 0 Å². The number of nitrogens with one attached hydrogen (secondary N) is 1. The fourth-order valence-corrected chi connectivity index (χ4v) is 5.73. The quantitative estimate of drug-likeness (QED) is 0.611. The Balaban J connectivity index is 1.50. The van der Waals surface area contributed by atoms with Crippen LogP contribution in [0.25, 0.3) is 0 Å². The molecule has 0 aromatic heterocycles. The summed E-state index contributed by atoms with van der Waals surface area (Å²) in [6, 6.07) is 20.1. The van der Waals surface area contributed by atoms with Crippen molar-refractivity contribution in [1.82, 2.24) is 5.32 Å². The lowest BCUT2D eigenvalue weighted by molar-refractivity contribution is -0.155. The standard InChI is InChI=1S/C29H31NO3/c1-19-26(29(32)33-23-15-9-4-10-16-23)27(21-13-7-3-8-14-21)28-24(30-19)17-22(18-25(28)31)20-11-5-2-6-12-20/h2-3,5-8,11-14,22-23,26-27,30H,1,4,9-10,15-18H2. The zero-order chi connectivity index (χ0) is 22.8. The Labute approximate surface area is 195 Å². The van der Waals surface area contributed by atoms with Crippen LogP contribution in [0.2, 0.25) is 0 Å². The number of ketones is 1. The molecular weight excluding hydrogens is 410 g/mol. The van der Waals surface area contributed by atoms with E-state index in [2.05, 4.69) is 24.0 Å². The molecule has 1 heterocycles. The van der Waals surface area contributed by atoms with Gasteiger partial charge in [0, 0.05) is 29.3 Å². The second-order valence-electron chi connectivity index (χ2n) is 9.54. The molecule has 0 radical (unpaired) electrons. The largest absolute Gasteiger partial charge is 0.462 e. The second kappa shape index (κ2) is 9.38. The van der Waals surface area contributed by atoms with E-state index < -0.39 is 5.92 Å². The molecule has 4 nitrogen and oxygen atoms in total. The van der Waals surface area contributed by atoms with Crippen molar-refractivity contribution in [1.29, 1.82) is 0 Å². The number of benzene rings is 2. The van der Waals surface area contributed by atoms with Gasteiger partial charge in [-0.1, -0.05) is 73.7 Å². The van der Waals surface area contributed by atoms with Crippen molar-refractivity contribution < 1.29 is 14.3 Å². The van der Waals surface area contributed by atoms with Crippen molar-refractivity contribution in [2.75, 3.05) is 0 Å². The maximum absolute atomic E-state index is 13.6. The summed E-state index contributed by atoms with van der Waals surface area (Å²) in [6.45, 7) is 4.24. The minimum absolute atomic E-state index is 0.0321. The smallest absolute Gasteiger partial charge is 0.316 e. The van der Waals surface area contributed by atoms with Gasteiger partial charge < -0.3 is 10.1 Å². The molecule has 0 saturated heterocycles. The lowest BCUT2D eigenvalue weighted by Gasteiger charge is -2.40. The van der Waals surface area contributed by atoms with Gasteiger partial charge in [-0.3, -0.25) is 9.59 Å². The molecule has 3 aliphatic rings. The molecule has 2 aromatic rings. The third-order valence-electron chi connectivity index (χ3n) is 7.36. The minimum atomic E-state index is -0.606. The maximum Gasteiger partial charge on any atom is 0.316 e. The number of allylic oxidation sites excluding steroid dienone is 2. The Hall–Kier alpha value is -3.14. The molecule has 5 rings (SSSR count). The van der Waals surface area contributed by atoms with Gasteiger partial charge in [0.25, 0.3) is 0 Å². The van der Waals surface area contributed by atoms with Crippen LogP contribution < -0.4 is 5.32 Å². The average Bonchev–Trinajstić information content (AvgIpc) is 2.84. The zero-order valence-corrected chi connectivity index (χ0v) is 19.0. The van der Waals surface area contributed by atoms with Gasteiger partial charge in [0.05, 0.1) is 0 Å². The van der Waals surface area contributed by atoms with E-state index in [0.29, 0.717) is 12.1 Å². The third kappa shape index (κ3) is 4.39. The summed E-state index contributed by atoms with van der Waals surface area (Å²) in [5.41, 5.74) is 4.39. The summed E-state index contributed by atoms with van der Waals surface area (Å²) in [5, 5.41) is 3.38. The number of rotatable bonds is 4. The van der Waals surface area contributed by atoms with Crippen LogP contribution in [0, 0.1) is 5.92 Å². The maximum atomic E-state index is 13.6. The average molecular weight is 442 g/mol. The summed E-state index contributed by atoms with van der Waals surface area (Å²) in [6.07, 6.45) is 6.38. The van der Waals surface area contributed by atoms with E-state index in [0.717, 1.165) is 48.9 Å². The Bertz CT molecular complexity index is 1070. The first-order chi connectivity index (χ1) is 16.1. The van der Waals surface area contributed by atoms with Gasteiger partial charge in [-0.2, -0.15) is 0 Å². The molecule has 3 unspecified atom stereocenters. The molecule has 0 bridgehead atoms. The van der Waals surface area contributed by atoms with E-state index in [1.54, 1.807) is 0 Å². The molecule has 4 heteroatoms. The van der Waals surface area contributed by atoms with Crippen LogP contribution in [-0.4, -0.2) is 17.9 Å². The van der Waals surface area contributed by atoms with Gasteiger partial charge in [-0.05, 0) is 49.1 Å².